The minimum Gasteiger partial charge on any atom is -0.491 e. The SMILES string of the molecule is c1ccc(OCC2COOC(C3CCCCC3)O2)cc1. The first-order chi connectivity index (χ1) is 9.92. The largest absolute Gasteiger partial charge is 0.491 e. The summed E-state index contributed by atoms with van der Waals surface area (Å²) >= 11 is 0. The fraction of sp³-hybridized carbons (Fsp3) is 0.625. The highest BCUT2D eigenvalue weighted by Crippen LogP contribution is 2.30. The second-order valence-corrected chi connectivity index (χ2v) is 5.53. The van der Waals surface area contributed by atoms with E-state index in [0.717, 1.165) is 5.75 Å². The van der Waals surface area contributed by atoms with Gasteiger partial charge in [0, 0.05) is 5.92 Å². The van der Waals surface area contributed by atoms with Gasteiger partial charge in [0.2, 0.25) is 0 Å². The Hall–Kier alpha value is -1.10. The number of para-hydroxylation sites is 1. The molecule has 1 saturated carbocycles. The molecule has 1 aromatic rings. The molecule has 0 N–H and O–H groups in total. The molecule has 1 aliphatic carbocycles. The van der Waals surface area contributed by atoms with Crippen LogP contribution in [0.1, 0.15) is 32.1 Å². The van der Waals surface area contributed by atoms with Crippen molar-refractivity contribution in [3.63, 3.8) is 0 Å². The normalized spacial score (nSPS) is 28.2. The zero-order chi connectivity index (χ0) is 13.6. The van der Waals surface area contributed by atoms with Crippen molar-refractivity contribution in [2.24, 2.45) is 5.92 Å². The van der Waals surface area contributed by atoms with Crippen LogP contribution >= 0.6 is 0 Å². The molecule has 3 rings (SSSR count). The summed E-state index contributed by atoms with van der Waals surface area (Å²) in [5.41, 5.74) is 0. The van der Waals surface area contributed by atoms with Crippen molar-refractivity contribution in [3.05, 3.63) is 30.3 Å². The van der Waals surface area contributed by atoms with E-state index in [2.05, 4.69) is 0 Å². The monoisotopic (exact) mass is 278 g/mol. The van der Waals surface area contributed by atoms with E-state index in [-0.39, 0.29) is 12.4 Å². The molecule has 1 heterocycles. The Labute approximate surface area is 119 Å². The highest BCUT2D eigenvalue weighted by Gasteiger charge is 2.32. The Kier molecular flexibility index (Phi) is 4.90. The number of rotatable bonds is 4. The lowest BCUT2D eigenvalue weighted by Crippen LogP contribution is -2.42. The lowest BCUT2D eigenvalue weighted by Gasteiger charge is -2.35. The molecule has 0 bridgehead atoms. The summed E-state index contributed by atoms with van der Waals surface area (Å²) in [5.74, 6) is 1.32. The molecule has 1 aliphatic heterocycles. The first-order valence-electron chi connectivity index (χ1n) is 7.53. The second kappa shape index (κ2) is 7.07. The molecule has 0 aromatic heterocycles. The third kappa shape index (κ3) is 3.72. The smallest absolute Gasteiger partial charge is 0.194 e. The van der Waals surface area contributed by atoms with Crippen molar-refractivity contribution in [1.82, 2.24) is 0 Å². The number of benzene rings is 1. The van der Waals surface area contributed by atoms with E-state index < -0.39 is 0 Å². The van der Waals surface area contributed by atoms with Crippen molar-refractivity contribution in [2.75, 3.05) is 13.2 Å². The van der Waals surface area contributed by atoms with E-state index in [0.29, 0.717) is 19.1 Å². The zero-order valence-electron chi connectivity index (χ0n) is 11.7. The van der Waals surface area contributed by atoms with Crippen LogP contribution in [0.4, 0.5) is 0 Å². The Balaban J connectivity index is 1.47. The molecular weight excluding hydrogens is 256 g/mol. The van der Waals surface area contributed by atoms with E-state index in [1.807, 2.05) is 30.3 Å². The van der Waals surface area contributed by atoms with Crippen LogP contribution in [0.25, 0.3) is 0 Å². The Morgan fingerprint density at radius 2 is 1.85 bits per heavy atom. The first kappa shape index (κ1) is 13.9. The number of hydrogen-bond acceptors (Lipinski definition) is 4. The van der Waals surface area contributed by atoms with E-state index in [4.69, 9.17) is 19.2 Å². The fourth-order valence-corrected chi connectivity index (χ4v) is 2.82. The predicted octanol–water partition coefficient (Wildman–Crippen LogP) is 3.32. The molecule has 4 heteroatoms. The average Bonchev–Trinajstić information content (AvgIpc) is 2.55. The Morgan fingerprint density at radius 3 is 2.65 bits per heavy atom. The van der Waals surface area contributed by atoms with Gasteiger partial charge in [-0.1, -0.05) is 37.5 Å². The van der Waals surface area contributed by atoms with Gasteiger partial charge in [-0.15, -0.1) is 0 Å². The zero-order valence-corrected chi connectivity index (χ0v) is 11.7. The first-order valence-corrected chi connectivity index (χ1v) is 7.53. The molecule has 1 aromatic carbocycles. The molecule has 2 atom stereocenters. The van der Waals surface area contributed by atoms with E-state index in [1.54, 1.807) is 0 Å². The summed E-state index contributed by atoms with van der Waals surface area (Å²) in [4.78, 5) is 10.6. The van der Waals surface area contributed by atoms with Crippen LogP contribution in [0.3, 0.4) is 0 Å². The molecule has 110 valence electrons. The number of ether oxygens (including phenoxy) is 2. The van der Waals surface area contributed by atoms with Gasteiger partial charge >= 0.3 is 0 Å². The molecule has 2 fully saturated rings. The molecule has 2 aliphatic rings. The van der Waals surface area contributed by atoms with Gasteiger partial charge in [-0.2, -0.15) is 0 Å². The maximum atomic E-state index is 5.98. The Bertz CT molecular complexity index is 389. The third-order valence-electron chi connectivity index (χ3n) is 3.96. The molecule has 1 saturated heterocycles. The van der Waals surface area contributed by atoms with Gasteiger partial charge < -0.3 is 9.47 Å². The van der Waals surface area contributed by atoms with Gasteiger partial charge in [0.05, 0.1) is 0 Å². The minimum atomic E-state index is -0.228. The Morgan fingerprint density at radius 1 is 1.05 bits per heavy atom. The van der Waals surface area contributed by atoms with Crippen LogP contribution in [0.5, 0.6) is 5.75 Å². The van der Waals surface area contributed by atoms with Gasteiger partial charge in [-0.25, -0.2) is 9.78 Å². The van der Waals surface area contributed by atoms with Gasteiger partial charge in [-0.3, -0.25) is 0 Å². The van der Waals surface area contributed by atoms with E-state index in [1.165, 1.54) is 32.1 Å². The third-order valence-corrected chi connectivity index (χ3v) is 3.96. The highest BCUT2D eigenvalue weighted by atomic mass is 17.2. The lowest BCUT2D eigenvalue weighted by atomic mass is 9.89. The van der Waals surface area contributed by atoms with Crippen LogP contribution < -0.4 is 4.74 Å². The van der Waals surface area contributed by atoms with Crippen molar-refractivity contribution in [2.45, 2.75) is 44.5 Å². The average molecular weight is 278 g/mol. The topological polar surface area (TPSA) is 36.9 Å². The molecule has 20 heavy (non-hydrogen) atoms. The predicted molar refractivity (Wildman–Crippen MR) is 74.2 cm³/mol. The van der Waals surface area contributed by atoms with Crippen LogP contribution in [-0.4, -0.2) is 25.6 Å². The summed E-state index contributed by atoms with van der Waals surface area (Å²) in [5, 5.41) is 0. The maximum Gasteiger partial charge on any atom is 0.194 e. The quantitative estimate of drug-likeness (QED) is 0.792. The molecule has 4 nitrogen and oxygen atoms in total. The van der Waals surface area contributed by atoms with E-state index >= 15 is 0 Å². The fourth-order valence-electron chi connectivity index (χ4n) is 2.82. The second-order valence-electron chi connectivity index (χ2n) is 5.53. The van der Waals surface area contributed by atoms with Gasteiger partial charge in [0.25, 0.3) is 0 Å². The van der Waals surface area contributed by atoms with Crippen molar-refractivity contribution >= 4 is 0 Å². The molecular formula is C16H22O4. The molecule has 2 unspecified atom stereocenters. The van der Waals surface area contributed by atoms with Crippen LogP contribution in [-0.2, 0) is 14.5 Å². The highest BCUT2D eigenvalue weighted by molar-refractivity contribution is 5.20. The summed E-state index contributed by atoms with van der Waals surface area (Å²) in [6, 6.07) is 9.78. The standard InChI is InChI=1S/C16H22O4/c1-3-7-13(8-4-1)16-19-15(12-18-20-16)11-17-14-9-5-2-6-10-14/h2,5-6,9-10,13,15-16H,1,3-4,7-8,11-12H2. The van der Waals surface area contributed by atoms with Gasteiger partial charge in [-0.05, 0) is 25.0 Å². The van der Waals surface area contributed by atoms with Crippen molar-refractivity contribution in [3.8, 4) is 5.75 Å². The van der Waals surface area contributed by atoms with E-state index in [9.17, 15) is 0 Å². The van der Waals surface area contributed by atoms with Crippen molar-refractivity contribution in [1.29, 1.82) is 0 Å². The van der Waals surface area contributed by atoms with Gasteiger partial charge in [0.15, 0.2) is 6.29 Å². The number of hydrogen-bond donors (Lipinski definition) is 0. The summed E-state index contributed by atoms with van der Waals surface area (Å²) in [7, 11) is 0. The molecule has 0 spiro atoms. The molecule has 0 radical (unpaired) electrons. The lowest BCUT2D eigenvalue weighted by molar-refractivity contribution is -0.444. The van der Waals surface area contributed by atoms with Crippen LogP contribution in [0.15, 0.2) is 30.3 Å². The summed E-state index contributed by atoms with van der Waals surface area (Å²) in [6.07, 6.45) is 5.90. The summed E-state index contributed by atoms with van der Waals surface area (Å²) < 4.78 is 11.7. The van der Waals surface area contributed by atoms with Crippen LogP contribution in [0, 0.1) is 5.92 Å². The van der Waals surface area contributed by atoms with Gasteiger partial charge in [0.1, 0.15) is 25.1 Å². The maximum absolute atomic E-state index is 5.98. The van der Waals surface area contributed by atoms with Crippen molar-refractivity contribution < 1.29 is 19.2 Å². The molecule has 0 amide bonds. The minimum absolute atomic E-state index is 0.0594. The van der Waals surface area contributed by atoms with Crippen LogP contribution in [0.2, 0.25) is 0 Å². The summed E-state index contributed by atoms with van der Waals surface area (Å²) in [6.45, 7) is 0.923.